The summed E-state index contributed by atoms with van der Waals surface area (Å²) in [4.78, 5) is 4.36. The fourth-order valence-corrected chi connectivity index (χ4v) is 1.75. The molecule has 2 aromatic rings. The van der Waals surface area contributed by atoms with Crippen molar-refractivity contribution in [2.75, 3.05) is 6.61 Å². The Bertz CT molecular complexity index is 481. The Morgan fingerprint density at radius 2 is 2.12 bits per heavy atom. The number of imidazole rings is 1. The van der Waals surface area contributed by atoms with Gasteiger partial charge >= 0.3 is 0 Å². The number of aromatic nitrogens is 2. The molecule has 5 heteroatoms. The molecule has 1 atom stereocenters. The molecule has 1 unspecified atom stereocenters. The molecule has 86 valence electrons. The van der Waals surface area contributed by atoms with Gasteiger partial charge in [0.05, 0.1) is 36.8 Å². The Morgan fingerprint density at radius 1 is 1.38 bits per heavy atom. The summed E-state index contributed by atoms with van der Waals surface area (Å²) in [5, 5.41) is 18.3. The van der Waals surface area contributed by atoms with E-state index >= 15 is 0 Å². The molecule has 16 heavy (non-hydrogen) atoms. The van der Waals surface area contributed by atoms with Crippen molar-refractivity contribution in [1.29, 1.82) is 0 Å². The maximum Gasteiger partial charge on any atom is 0.123 e. The van der Waals surface area contributed by atoms with Crippen LogP contribution in [0.15, 0.2) is 24.3 Å². The molecule has 1 heterocycles. The molecule has 0 saturated heterocycles. The second-order valence-electron chi connectivity index (χ2n) is 3.67. The Hall–Kier alpha value is -1.43. The number of hydrogen-bond acceptors (Lipinski definition) is 4. The Labute approximate surface area is 93.1 Å². The van der Waals surface area contributed by atoms with Gasteiger partial charge in [-0.25, -0.2) is 4.98 Å². The molecule has 4 N–H and O–H groups in total. The molecular weight excluding hydrogens is 206 g/mol. The van der Waals surface area contributed by atoms with E-state index in [2.05, 4.69) is 4.98 Å². The monoisotopic (exact) mass is 221 g/mol. The van der Waals surface area contributed by atoms with Gasteiger partial charge in [0.15, 0.2) is 0 Å². The van der Waals surface area contributed by atoms with E-state index in [0.29, 0.717) is 18.9 Å². The molecule has 0 spiro atoms. The van der Waals surface area contributed by atoms with E-state index in [0.717, 1.165) is 11.0 Å². The molecule has 0 aliphatic carbocycles. The van der Waals surface area contributed by atoms with E-state index in [1.54, 1.807) is 0 Å². The van der Waals surface area contributed by atoms with Gasteiger partial charge in [-0.2, -0.15) is 0 Å². The van der Waals surface area contributed by atoms with Gasteiger partial charge in [-0.3, -0.25) is 0 Å². The molecule has 0 radical (unpaired) electrons. The van der Waals surface area contributed by atoms with Crippen LogP contribution in [0.1, 0.15) is 5.82 Å². The molecule has 5 nitrogen and oxygen atoms in total. The normalized spacial score (nSPS) is 13.2. The lowest BCUT2D eigenvalue weighted by molar-refractivity contribution is 0.0814. The van der Waals surface area contributed by atoms with Crippen LogP contribution in [0, 0.1) is 0 Å². The lowest BCUT2D eigenvalue weighted by Gasteiger charge is -2.11. The molecule has 2 rings (SSSR count). The number of fused-ring (bicyclic) bond motifs is 1. The highest BCUT2D eigenvalue weighted by Gasteiger charge is 2.12. The van der Waals surface area contributed by atoms with Gasteiger partial charge < -0.3 is 20.5 Å². The second kappa shape index (κ2) is 4.61. The molecule has 1 aromatic heterocycles. The smallest absolute Gasteiger partial charge is 0.123 e. The number of benzene rings is 1. The minimum Gasteiger partial charge on any atom is -0.394 e. The fourth-order valence-electron chi connectivity index (χ4n) is 1.75. The highest BCUT2D eigenvalue weighted by atomic mass is 16.3. The first-order valence-electron chi connectivity index (χ1n) is 5.19. The van der Waals surface area contributed by atoms with E-state index in [4.69, 9.17) is 10.8 Å². The van der Waals surface area contributed by atoms with Gasteiger partial charge in [-0.05, 0) is 12.1 Å². The van der Waals surface area contributed by atoms with Crippen molar-refractivity contribution in [3.05, 3.63) is 30.1 Å². The van der Waals surface area contributed by atoms with Crippen LogP contribution in [0.4, 0.5) is 0 Å². The van der Waals surface area contributed by atoms with Crippen molar-refractivity contribution in [2.45, 2.75) is 19.2 Å². The van der Waals surface area contributed by atoms with E-state index in [1.807, 2.05) is 28.8 Å². The Morgan fingerprint density at radius 3 is 2.81 bits per heavy atom. The zero-order valence-electron chi connectivity index (χ0n) is 8.87. The highest BCUT2D eigenvalue weighted by Crippen LogP contribution is 2.16. The third kappa shape index (κ3) is 1.92. The van der Waals surface area contributed by atoms with Crippen LogP contribution >= 0.6 is 0 Å². The van der Waals surface area contributed by atoms with Crippen LogP contribution in [-0.4, -0.2) is 32.5 Å². The number of rotatable bonds is 4. The summed E-state index contributed by atoms with van der Waals surface area (Å²) in [6, 6.07) is 7.64. The van der Waals surface area contributed by atoms with Crippen molar-refractivity contribution in [1.82, 2.24) is 9.55 Å². The van der Waals surface area contributed by atoms with Crippen molar-refractivity contribution >= 4 is 11.0 Å². The Balaban J connectivity index is 2.47. The first kappa shape index (κ1) is 11.1. The maximum atomic E-state index is 9.47. The molecule has 0 saturated carbocycles. The fraction of sp³-hybridized carbons (Fsp3) is 0.364. The number of nitrogens with two attached hydrogens (primary N) is 1. The third-order valence-corrected chi connectivity index (χ3v) is 2.52. The van der Waals surface area contributed by atoms with Crippen LogP contribution in [-0.2, 0) is 13.1 Å². The lowest BCUT2D eigenvalue weighted by Crippen LogP contribution is -2.22. The summed E-state index contributed by atoms with van der Waals surface area (Å²) >= 11 is 0. The van der Waals surface area contributed by atoms with E-state index in [1.165, 1.54) is 0 Å². The average molecular weight is 221 g/mol. The minimum absolute atomic E-state index is 0.267. The predicted octanol–water partition coefficient (Wildman–Crippen LogP) is -0.152. The quantitative estimate of drug-likeness (QED) is 0.670. The second-order valence-corrected chi connectivity index (χ2v) is 3.67. The standard InChI is InChI=1S/C11H15N3O2/c12-5-11-13-9-3-1-2-4-10(9)14(11)6-8(16)7-15/h1-4,8,15-16H,5-7,12H2. The number of aliphatic hydroxyl groups is 2. The zero-order valence-corrected chi connectivity index (χ0v) is 8.87. The van der Waals surface area contributed by atoms with Crippen LogP contribution in [0.3, 0.4) is 0 Å². The van der Waals surface area contributed by atoms with Crippen LogP contribution in [0.25, 0.3) is 11.0 Å². The van der Waals surface area contributed by atoms with Crippen molar-refractivity contribution < 1.29 is 10.2 Å². The molecule has 0 aliphatic heterocycles. The van der Waals surface area contributed by atoms with Gasteiger partial charge in [0, 0.05) is 0 Å². The molecule has 0 bridgehead atoms. The number of para-hydroxylation sites is 2. The molecular formula is C11H15N3O2. The molecule has 0 fully saturated rings. The van der Waals surface area contributed by atoms with Gasteiger partial charge in [0.2, 0.25) is 0 Å². The SMILES string of the molecule is NCc1nc2ccccc2n1CC(O)CO. The van der Waals surface area contributed by atoms with Gasteiger partial charge in [-0.1, -0.05) is 12.1 Å². The summed E-state index contributed by atoms with van der Waals surface area (Å²) in [6.45, 7) is 0.354. The Kier molecular flexibility index (Phi) is 3.19. The molecule has 0 amide bonds. The zero-order chi connectivity index (χ0) is 11.5. The van der Waals surface area contributed by atoms with Gasteiger partial charge in [0.25, 0.3) is 0 Å². The number of hydrogen-bond donors (Lipinski definition) is 3. The van der Waals surface area contributed by atoms with Crippen LogP contribution in [0.5, 0.6) is 0 Å². The largest absolute Gasteiger partial charge is 0.394 e. The van der Waals surface area contributed by atoms with Crippen molar-refractivity contribution in [3.63, 3.8) is 0 Å². The summed E-state index contributed by atoms with van der Waals surface area (Å²) < 4.78 is 1.84. The summed E-state index contributed by atoms with van der Waals surface area (Å²) in [7, 11) is 0. The van der Waals surface area contributed by atoms with E-state index < -0.39 is 6.10 Å². The first-order valence-corrected chi connectivity index (χ1v) is 5.19. The highest BCUT2D eigenvalue weighted by molar-refractivity contribution is 5.75. The van der Waals surface area contributed by atoms with Gasteiger partial charge in [-0.15, -0.1) is 0 Å². The van der Waals surface area contributed by atoms with E-state index in [-0.39, 0.29) is 6.61 Å². The predicted molar refractivity (Wildman–Crippen MR) is 60.7 cm³/mol. The van der Waals surface area contributed by atoms with Crippen molar-refractivity contribution in [3.8, 4) is 0 Å². The number of nitrogens with zero attached hydrogens (tertiary/aromatic N) is 2. The summed E-state index contributed by atoms with van der Waals surface area (Å²) in [5.41, 5.74) is 7.39. The minimum atomic E-state index is -0.789. The van der Waals surface area contributed by atoms with Crippen molar-refractivity contribution in [2.24, 2.45) is 5.73 Å². The first-order chi connectivity index (χ1) is 7.76. The summed E-state index contributed by atoms with van der Waals surface area (Å²) in [6.07, 6.45) is -0.789. The lowest BCUT2D eigenvalue weighted by atomic mass is 10.3. The average Bonchev–Trinajstić information content (AvgIpc) is 2.67. The molecule has 1 aromatic carbocycles. The maximum absolute atomic E-state index is 9.47. The van der Waals surface area contributed by atoms with Crippen LogP contribution < -0.4 is 5.73 Å². The number of aliphatic hydroxyl groups excluding tert-OH is 2. The van der Waals surface area contributed by atoms with E-state index in [9.17, 15) is 5.11 Å². The topological polar surface area (TPSA) is 84.3 Å². The van der Waals surface area contributed by atoms with Gasteiger partial charge in [0.1, 0.15) is 5.82 Å². The third-order valence-electron chi connectivity index (χ3n) is 2.52. The van der Waals surface area contributed by atoms with Crippen LogP contribution in [0.2, 0.25) is 0 Å². The summed E-state index contributed by atoms with van der Waals surface area (Å²) in [5.74, 6) is 0.716. The molecule has 0 aliphatic rings.